The number of phosphoric ester groups is 2. The number of aliphatic hydroxyl groups is 2. The van der Waals surface area contributed by atoms with E-state index < -0.39 is 95.6 Å². The van der Waals surface area contributed by atoms with Crippen LogP contribution in [0.5, 0.6) is 0 Å². The van der Waals surface area contributed by atoms with Crippen LogP contribution >= 0.6 is 15.6 Å². The van der Waals surface area contributed by atoms with Gasteiger partial charge in [0.25, 0.3) is 0 Å². The molecule has 0 aromatic carbocycles. The highest BCUT2D eigenvalue weighted by molar-refractivity contribution is 7.46. The van der Waals surface area contributed by atoms with Crippen LogP contribution in [-0.2, 0) is 60.9 Å². The molecule has 22 heteroatoms. The Morgan fingerprint density at radius 1 is 0.467 bits per heavy atom. The molecule has 2 aliphatic rings. The van der Waals surface area contributed by atoms with Crippen LogP contribution in [0, 0.1) is 0 Å². The molecule has 0 spiro atoms. The lowest BCUT2D eigenvalue weighted by Crippen LogP contribution is -2.67. The SMILES string of the molecule is CCCCCC/C=C\CCCCCCCCCC(=O)N[C@H]1[C@H](OC[C@H]2O[C@@H](OP(=O)(O)O)[C@H](OCC[C@H](O)CCCCCCCCCCC)[C@@H](OCCCCCCCCCCCC)[C@@H]2O)O[C@H](COC)[C@@H](OP(=O)(O)O)[C@@H]1OCC[C@@H](CCCCCCC)OC. The largest absolute Gasteiger partial charge is 0.472 e. The van der Waals surface area contributed by atoms with E-state index in [1.54, 1.807) is 7.11 Å². The predicted molar refractivity (Wildman–Crippen MR) is 355 cm³/mol. The summed E-state index contributed by atoms with van der Waals surface area (Å²) in [4.78, 5) is 55.4. The molecule has 2 saturated heterocycles. The minimum Gasteiger partial charge on any atom is -0.393 e. The number of unbranched alkanes of at least 4 members (excludes halogenated alkanes) is 32. The number of aliphatic hydroxyl groups excluding tert-OH is 2. The second-order valence-electron chi connectivity index (χ2n) is 25.5. The molecule has 0 bridgehead atoms. The van der Waals surface area contributed by atoms with E-state index in [1.807, 2.05) is 0 Å². The van der Waals surface area contributed by atoms with E-state index in [-0.39, 0.29) is 45.4 Å². The number of hydrogen-bond acceptors (Lipinski definition) is 15. The molecule has 2 fully saturated rings. The van der Waals surface area contributed by atoms with Gasteiger partial charge < -0.3 is 73.0 Å². The number of methoxy groups -OCH3 is 2. The summed E-state index contributed by atoms with van der Waals surface area (Å²) in [5, 5.41) is 26.3. The Morgan fingerprint density at radius 2 is 0.911 bits per heavy atom. The number of nitrogens with one attached hydrogen (secondary N) is 1. The zero-order valence-corrected chi connectivity index (χ0v) is 59.0. The topological polar surface area (TPSA) is 277 Å². The fourth-order valence-corrected chi connectivity index (χ4v) is 13.1. The Morgan fingerprint density at radius 3 is 1.43 bits per heavy atom. The van der Waals surface area contributed by atoms with Gasteiger partial charge in [-0.1, -0.05) is 239 Å². The molecule has 0 unspecified atom stereocenters. The van der Waals surface area contributed by atoms with Gasteiger partial charge in [-0.05, 0) is 64.2 Å². The number of phosphoric acid groups is 2. The van der Waals surface area contributed by atoms with E-state index in [1.165, 1.54) is 97.0 Å². The van der Waals surface area contributed by atoms with Crippen LogP contribution in [0.2, 0.25) is 0 Å². The Labute approximate surface area is 545 Å². The first-order chi connectivity index (χ1) is 43.5. The van der Waals surface area contributed by atoms with Crippen LogP contribution in [0.25, 0.3) is 0 Å². The first-order valence-corrected chi connectivity index (χ1v) is 39.2. The summed E-state index contributed by atoms with van der Waals surface area (Å²) in [5.41, 5.74) is 0. The number of rotatable bonds is 62. The molecule has 7 N–H and O–H groups in total. The monoisotopic (exact) mass is 1330 g/mol. The van der Waals surface area contributed by atoms with Gasteiger partial charge in [0, 0.05) is 40.5 Å². The van der Waals surface area contributed by atoms with E-state index in [2.05, 4.69) is 45.2 Å². The molecule has 0 aliphatic carbocycles. The number of ether oxygens (including phenoxy) is 8. The molecule has 2 heterocycles. The smallest absolute Gasteiger partial charge is 0.393 e. The summed E-state index contributed by atoms with van der Waals surface area (Å²) in [7, 11) is -7.52. The Kier molecular flexibility index (Phi) is 52.1. The van der Waals surface area contributed by atoms with Gasteiger partial charge >= 0.3 is 15.6 Å². The molecule has 0 aromatic heterocycles. The summed E-state index contributed by atoms with van der Waals surface area (Å²) >= 11 is 0. The maximum atomic E-state index is 14.1. The fourth-order valence-electron chi connectivity index (χ4n) is 12.1. The lowest BCUT2D eigenvalue weighted by molar-refractivity contribution is -0.319. The van der Waals surface area contributed by atoms with Crippen molar-refractivity contribution in [3.63, 3.8) is 0 Å². The van der Waals surface area contributed by atoms with Crippen molar-refractivity contribution >= 4 is 21.6 Å². The minimum atomic E-state index is -5.29. The van der Waals surface area contributed by atoms with Crippen molar-refractivity contribution in [3.8, 4) is 0 Å². The molecular formula is C68H133NO19P2. The third-order valence-electron chi connectivity index (χ3n) is 17.4. The molecule has 2 aliphatic heterocycles. The van der Waals surface area contributed by atoms with Crippen LogP contribution in [0.4, 0.5) is 0 Å². The lowest BCUT2D eigenvalue weighted by atomic mass is 9.95. The minimum absolute atomic E-state index is 0.0366. The van der Waals surface area contributed by atoms with Crippen LogP contribution < -0.4 is 5.32 Å². The number of allylic oxidation sites excluding steroid dienone is 2. The van der Waals surface area contributed by atoms with Gasteiger partial charge in [0.15, 0.2) is 12.6 Å². The van der Waals surface area contributed by atoms with E-state index in [0.717, 1.165) is 141 Å². The second kappa shape index (κ2) is 55.1. The van der Waals surface area contributed by atoms with Gasteiger partial charge in [0.05, 0.1) is 25.4 Å². The van der Waals surface area contributed by atoms with E-state index in [9.17, 15) is 43.7 Å². The van der Waals surface area contributed by atoms with Crippen molar-refractivity contribution in [1.29, 1.82) is 0 Å². The number of hydrogen-bond donors (Lipinski definition) is 7. The third-order valence-corrected chi connectivity index (χ3v) is 18.4. The molecule has 534 valence electrons. The first kappa shape index (κ1) is 85.1. The highest BCUT2D eigenvalue weighted by Gasteiger charge is 2.53. The third kappa shape index (κ3) is 42.6. The summed E-state index contributed by atoms with van der Waals surface area (Å²) in [6, 6.07) is -1.27. The average Bonchev–Trinajstić information content (AvgIpc) is 0.844. The van der Waals surface area contributed by atoms with Crippen molar-refractivity contribution in [2.45, 2.75) is 371 Å². The van der Waals surface area contributed by atoms with Gasteiger partial charge in [0.1, 0.15) is 48.8 Å². The lowest BCUT2D eigenvalue weighted by Gasteiger charge is -2.47. The molecule has 2 rings (SSSR count). The quantitative estimate of drug-likeness (QED) is 0.0169. The molecule has 90 heavy (non-hydrogen) atoms. The molecule has 1 amide bonds. The van der Waals surface area contributed by atoms with Crippen LogP contribution in [0.3, 0.4) is 0 Å². The van der Waals surface area contributed by atoms with Gasteiger partial charge in [-0.3, -0.25) is 13.8 Å². The van der Waals surface area contributed by atoms with Crippen molar-refractivity contribution in [1.82, 2.24) is 5.32 Å². The normalized spacial score (nSPS) is 23.2. The van der Waals surface area contributed by atoms with Crippen molar-refractivity contribution in [2.75, 3.05) is 47.3 Å². The maximum absolute atomic E-state index is 14.1. The highest BCUT2D eigenvalue weighted by atomic mass is 31.2. The molecular weight excluding hydrogens is 1200 g/mol. The van der Waals surface area contributed by atoms with Crippen molar-refractivity contribution < 1.29 is 90.7 Å². The molecule has 20 nitrogen and oxygen atoms in total. The van der Waals surface area contributed by atoms with Crippen molar-refractivity contribution in [2.24, 2.45) is 0 Å². The Balaban J connectivity index is 2.42. The van der Waals surface area contributed by atoms with Gasteiger partial charge in [-0.2, -0.15) is 0 Å². The van der Waals surface area contributed by atoms with Crippen LogP contribution in [0.1, 0.15) is 297 Å². The summed E-state index contributed by atoms with van der Waals surface area (Å²) < 4.78 is 86.0. The summed E-state index contributed by atoms with van der Waals surface area (Å²) in [6.45, 7) is 8.18. The zero-order valence-electron chi connectivity index (χ0n) is 57.2. The van der Waals surface area contributed by atoms with Gasteiger partial charge in [-0.25, -0.2) is 9.13 Å². The van der Waals surface area contributed by atoms with Crippen LogP contribution in [-0.4, -0.2) is 157 Å². The molecule has 12 atom stereocenters. The number of carbonyl (C=O) groups is 1. The number of carbonyl (C=O) groups excluding carboxylic acids is 1. The maximum Gasteiger partial charge on any atom is 0.472 e. The number of amides is 1. The molecule has 0 saturated carbocycles. The average molecular weight is 1330 g/mol. The Hall–Kier alpha value is -0.970. The highest BCUT2D eigenvalue weighted by Crippen LogP contribution is 2.44. The molecule has 0 radical (unpaired) electrons. The van der Waals surface area contributed by atoms with Gasteiger partial charge in [0.2, 0.25) is 5.91 Å². The predicted octanol–water partition coefficient (Wildman–Crippen LogP) is 15.1. The van der Waals surface area contributed by atoms with E-state index >= 15 is 0 Å². The van der Waals surface area contributed by atoms with E-state index in [0.29, 0.717) is 25.7 Å². The summed E-state index contributed by atoms with van der Waals surface area (Å²) in [5.74, 6) is -0.392. The summed E-state index contributed by atoms with van der Waals surface area (Å²) in [6.07, 6.45) is 33.5. The standard InChI is InChI=1S/C68H133NO19P2/c1-7-11-15-19-22-25-27-28-29-30-31-33-36-40-44-48-60(71)69-61-64(82-53-50-57(80-6)47-43-38-18-14-10-4)63(87-89(73,74)75)59(54-79-5)86-67(61)84-55-58-62(72)65(81-51-45-41-37-34-26-23-20-16-12-8-2)66(68(85-58)88-90(76,77)78)83-52-49-56(70)46-42-39-35-32-24-21-17-13-9-3/h25,27,56-59,61-68,70,72H,7-24,26,28-55H2,1-6H3,(H,69,71)(H2,73,74,75)(H2,76,77,78)/b27-25-/t56-,57-,58-,59-,61-,62-,63-,64-,65+,66-,67-,68+/m1/s1. The van der Waals surface area contributed by atoms with Crippen molar-refractivity contribution in [3.05, 3.63) is 12.2 Å². The zero-order chi connectivity index (χ0) is 65.9. The van der Waals surface area contributed by atoms with E-state index in [4.69, 9.17) is 46.9 Å². The van der Waals surface area contributed by atoms with Crippen LogP contribution in [0.15, 0.2) is 12.2 Å². The van der Waals surface area contributed by atoms with Gasteiger partial charge in [-0.15, -0.1) is 0 Å². The first-order valence-electron chi connectivity index (χ1n) is 36.1. The Bertz CT molecular complexity index is 1800. The molecule has 0 aromatic rings. The fraction of sp³-hybridized carbons (Fsp3) is 0.956. The second-order valence-corrected chi connectivity index (χ2v) is 27.9.